The summed E-state index contributed by atoms with van der Waals surface area (Å²) in [6.45, 7) is 6.03. The van der Waals surface area contributed by atoms with E-state index >= 15 is 0 Å². The van der Waals surface area contributed by atoms with Crippen molar-refractivity contribution in [2.75, 3.05) is 7.11 Å². The molecule has 0 bridgehead atoms. The van der Waals surface area contributed by atoms with Crippen LogP contribution in [0.25, 0.3) is 10.8 Å². The fraction of sp³-hybridized carbons (Fsp3) is 0.286. The Kier molecular flexibility index (Phi) is 4.63. The van der Waals surface area contributed by atoms with Gasteiger partial charge in [-0.3, -0.25) is 0 Å². The molecule has 2 rings (SSSR count). The molecule has 0 aliphatic carbocycles. The molecule has 86 valence electrons. The number of aryl methyl sites for hydroxylation is 1. The molecular weight excluding hydrogens is 220 g/mol. The van der Waals surface area contributed by atoms with E-state index in [4.69, 9.17) is 16.3 Å². The Hall–Kier alpha value is -1.21. The van der Waals surface area contributed by atoms with Crippen LogP contribution in [0.3, 0.4) is 0 Å². The van der Waals surface area contributed by atoms with Gasteiger partial charge in [-0.25, -0.2) is 0 Å². The average molecular weight is 237 g/mol. The smallest absolute Gasteiger partial charge is 0.122 e. The average Bonchev–Trinajstić information content (AvgIpc) is 2.30. The Morgan fingerprint density at radius 2 is 1.69 bits per heavy atom. The highest BCUT2D eigenvalue weighted by Crippen LogP contribution is 2.27. The summed E-state index contributed by atoms with van der Waals surface area (Å²) in [5.41, 5.74) is 1.13. The van der Waals surface area contributed by atoms with Crippen LogP contribution in [-0.4, -0.2) is 7.11 Å². The minimum absolute atomic E-state index is 0.766. The third kappa shape index (κ3) is 2.67. The van der Waals surface area contributed by atoms with Crippen LogP contribution in [0.2, 0.25) is 5.02 Å². The predicted octanol–water partition coefficient (Wildman–Crippen LogP) is 4.84. The quantitative estimate of drug-likeness (QED) is 0.689. The third-order valence-corrected chi connectivity index (χ3v) is 2.55. The van der Waals surface area contributed by atoms with Gasteiger partial charge in [-0.05, 0) is 47.5 Å². The van der Waals surface area contributed by atoms with Gasteiger partial charge in [-0.2, -0.15) is 0 Å². The van der Waals surface area contributed by atoms with E-state index in [0.717, 1.165) is 27.1 Å². The Morgan fingerprint density at radius 3 is 2.31 bits per heavy atom. The second-order valence-corrected chi connectivity index (χ2v) is 3.75. The first-order chi connectivity index (χ1) is 7.70. The summed E-state index contributed by atoms with van der Waals surface area (Å²) in [5, 5.41) is 3.06. The Morgan fingerprint density at radius 1 is 1.00 bits per heavy atom. The second-order valence-electron chi connectivity index (χ2n) is 3.31. The van der Waals surface area contributed by atoms with Crippen molar-refractivity contribution in [1.82, 2.24) is 0 Å². The van der Waals surface area contributed by atoms with Crippen molar-refractivity contribution < 1.29 is 4.74 Å². The lowest BCUT2D eigenvalue weighted by molar-refractivity contribution is 0.412. The van der Waals surface area contributed by atoms with E-state index in [-0.39, 0.29) is 0 Å². The fourth-order valence-electron chi connectivity index (χ4n) is 1.58. The number of hydrogen-bond donors (Lipinski definition) is 0. The van der Waals surface area contributed by atoms with Gasteiger partial charge in [0.05, 0.1) is 7.11 Å². The zero-order chi connectivity index (χ0) is 12.1. The van der Waals surface area contributed by atoms with Gasteiger partial charge in [0.25, 0.3) is 0 Å². The molecule has 0 radical (unpaired) electrons. The molecule has 0 unspecified atom stereocenters. The molecule has 0 aromatic heterocycles. The van der Waals surface area contributed by atoms with Crippen molar-refractivity contribution in [3.63, 3.8) is 0 Å². The highest BCUT2D eigenvalue weighted by atomic mass is 35.5. The molecule has 0 atom stereocenters. The molecule has 0 saturated heterocycles. The zero-order valence-corrected chi connectivity index (χ0v) is 10.9. The predicted molar refractivity (Wildman–Crippen MR) is 71.6 cm³/mol. The molecule has 2 aromatic carbocycles. The van der Waals surface area contributed by atoms with E-state index in [1.807, 2.05) is 45.0 Å². The SMILES string of the molecule is CC.COc1cc2ccc(Cl)cc2cc1C. The minimum atomic E-state index is 0.766. The van der Waals surface area contributed by atoms with E-state index in [1.165, 1.54) is 0 Å². The maximum Gasteiger partial charge on any atom is 0.122 e. The zero-order valence-electron chi connectivity index (χ0n) is 10.2. The van der Waals surface area contributed by atoms with Gasteiger partial charge in [0.1, 0.15) is 5.75 Å². The first-order valence-corrected chi connectivity index (χ1v) is 5.82. The molecule has 2 aromatic rings. The summed E-state index contributed by atoms with van der Waals surface area (Å²) in [4.78, 5) is 0. The molecule has 0 N–H and O–H groups in total. The van der Waals surface area contributed by atoms with Gasteiger partial charge in [0, 0.05) is 5.02 Å². The van der Waals surface area contributed by atoms with Crippen LogP contribution in [0.1, 0.15) is 19.4 Å². The molecule has 0 spiro atoms. The number of rotatable bonds is 1. The number of methoxy groups -OCH3 is 1. The molecule has 2 heteroatoms. The molecule has 0 aliphatic rings. The maximum absolute atomic E-state index is 5.91. The summed E-state index contributed by atoms with van der Waals surface area (Å²) < 4.78 is 5.25. The monoisotopic (exact) mass is 236 g/mol. The van der Waals surface area contributed by atoms with Crippen molar-refractivity contribution in [2.45, 2.75) is 20.8 Å². The van der Waals surface area contributed by atoms with Crippen LogP contribution in [0, 0.1) is 6.92 Å². The molecular formula is C14H17ClO. The highest BCUT2D eigenvalue weighted by Gasteiger charge is 2.01. The van der Waals surface area contributed by atoms with Crippen LogP contribution in [0.5, 0.6) is 5.75 Å². The first-order valence-electron chi connectivity index (χ1n) is 5.44. The number of benzene rings is 2. The second kappa shape index (κ2) is 5.76. The molecule has 0 amide bonds. The lowest BCUT2D eigenvalue weighted by atomic mass is 10.1. The van der Waals surface area contributed by atoms with Crippen molar-refractivity contribution in [2.24, 2.45) is 0 Å². The van der Waals surface area contributed by atoms with Gasteiger partial charge in [-0.15, -0.1) is 0 Å². The number of fused-ring (bicyclic) bond motifs is 1. The standard InChI is InChI=1S/C12H11ClO.C2H6/c1-8-5-10-6-11(13)4-3-9(10)7-12(8)14-2;1-2/h3-7H,1-2H3;1-2H3. The fourth-order valence-corrected chi connectivity index (χ4v) is 1.76. The summed E-state index contributed by atoms with van der Waals surface area (Å²) in [6.07, 6.45) is 0. The molecule has 0 heterocycles. The molecule has 16 heavy (non-hydrogen) atoms. The van der Waals surface area contributed by atoms with Gasteiger partial charge in [-0.1, -0.05) is 31.5 Å². The summed E-state index contributed by atoms with van der Waals surface area (Å²) in [5.74, 6) is 0.917. The van der Waals surface area contributed by atoms with Gasteiger partial charge < -0.3 is 4.74 Å². The van der Waals surface area contributed by atoms with E-state index < -0.39 is 0 Å². The van der Waals surface area contributed by atoms with Crippen LogP contribution >= 0.6 is 11.6 Å². The van der Waals surface area contributed by atoms with Crippen molar-refractivity contribution in [3.8, 4) is 5.75 Å². The molecule has 0 saturated carbocycles. The van der Waals surface area contributed by atoms with E-state index in [0.29, 0.717) is 0 Å². The van der Waals surface area contributed by atoms with Crippen molar-refractivity contribution in [3.05, 3.63) is 40.9 Å². The van der Waals surface area contributed by atoms with Crippen LogP contribution < -0.4 is 4.74 Å². The lowest BCUT2D eigenvalue weighted by Gasteiger charge is -2.06. The van der Waals surface area contributed by atoms with Gasteiger partial charge in [0.15, 0.2) is 0 Å². The molecule has 0 aliphatic heterocycles. The van der Waals surface area contributed by atoms with Gasteiger partial charge >= 0.3 is 0 Å². The van der Waals surface area contributed by atoms with Gasteiger partial charge in [0.2, 0.25) is 0 Å². The Balaban J connectivity index is 0.000000606. The lowest BCUT2D eigenvalue weighted by Crippen LogP contribution is -1.86. The van der Waals surface area contributed by atoms with E-state index in [1.54, 1.807) is 7.11 Å². The maximum atomic E-state index is 5.91. The minimum Gasteiger partial charge on any atom is -0.496 e. The largest absolute Gasteiger partial charge is 0.496 e. The summed E-state index contributed by atoms with van der Waals surface area (Å²) in [7, 11) is 1.68. The van der Waals surface area contributed by atoms with Crippen molar-refractivity contribution >= 4 is 22.4 Å². The van der Waals surface area contributed by atoms with Crippen molar-refractivity contribution in [1.29, 1.82) is 0 Å². The normalized spacial score (nSPS) is 9.56. The Labute approximate surface area is 102 Å². The summed E-state index contributed by atoms with van der Waals surface area (Å²) >= 11 is 5.91. The van der Waals surface area contributed by atoms with Crippen LogP contribution in [0.15, 0.2) is 30.3 Å². The van der Waals surface area contributed by atoms with Crippen LogP contribution in [0.4, 0.5) is 0 Å². The Bertz CT molecular complexity index is 477. The molecule has 0 fully saturated rings. The third-order valence-electron chi connectivity index (χ3n) is 2.32. The number of halogens is 1. The van der Waals surface area contributed by atoms with Crippen LogP contribution in [-0.2, 0) is 0 Å². The topological polar surface area (TPSA) is 9.23 Å². The summed E-state index contributed by atoms with van der Waals surface area (Å²) in [6, 6.07) is 9.96. The first kappa shape index (κ1) is 12.9. The van der Waals surface area contributed by atoms with E-state index in [9.17, 15) is 0 Å². The highest BCUT2D eigenvalue weighted by molar-refractivity contribution is 6.31. The number of hydrogen-bond acceptors (Lipinski definition) is 1. The molecule has 1 nitrogen and oxygen atoms in total. The van der Waals surface area contributed by atoms with E-state index in [2.05, 4.69) is 6.07 Å². The number of ether oxygens (including phenoxy) is 1.